The van der Waals surface area contributed by atoms with Crippen molar-refractivity contribution in [2.45, 2.75) is 26.7 Å². The summed E-state index contributed by atoms with van der Waals surface area (Å²) in [6, 6.07) is 7.02. The lowest BCUT2D eigenvalue weighted by Gasteiger charge is -2.12. The molecule has 0 heterocycles. The van der Waals surface area contributed by atoms with E-state index in [0.29, 0.717) is 5.92 Å². The van der Waals surface area contributed by atoms with Gasteiger partial charge < -0.3 is 5.32 Å². The van der Waals surface area contributed by atoms with Crippen molar-refractivity contribution >= 4 is 0 Å². The van der Waals surface area contributed by atoms with Gasteiger partial charge in [0, 0.05) is 0 Å². The van der Waals surface area contributed by atoms with Gasteiger partial charge in [-0.1, -0.05) is 32.0 Å². The Morgan fingerprint density at radius 1 is 1.33 bits per heavy atom. The quantitative estimate of drug-likeness (QED) is 0.710. The minimum atomic E-state index is -0.0835. The Balaban J connectivity index is 2.37. The van der Waals surface area contributed by atoms with Crippen molar-refractivity contribution in [3.05, 3.63) is 35.6 Å². The Bertz CT molecular complexity index is 286. The zero-order valence-electron chi connectivity index (χ0n) is 9.59. The van der Waals surface area contributed by atoms with E-state index in [1.54, 1.807) is 6.07 Å². The molecule has 0 fully saturated rings. The molecule has 1 N–H and O–H groups in total. The summed E-state index contributed by atoms with van der Waals surface area (Å²) < 4.78 is 13.3. The minimum absolute atomic E-state index is 0.0835. The molecule has 0 saturated carbocycles. The molecule has 0 aliphatic carbocycles. The Labute approximate surface area is 91.7 Å². The molecular formula is C13H20FN. The summed E-state index contributed by atoms with van der Waals surface area (Å²) >= 11 is 0. The first-order valence-electron chi connectivity index (χ1n) is 5.68. The van der Waals surface area contributed by atoms with E-state index in [1.807, 2.05) is 12.1 Å². The van der Waals surface area contributed by atoms with Crippen LogP contribution in [0, 0.1) is 11.7 Å². The number of hydrogen-bond acceptors (Lipinski definition) is 1. The first-order valence-corrected chi connectivity index (χ1v) is 5.68. The number of nitrogens with one attached hydrogen (secondary N) is 1. The van der Waals surface area contributed by atoms with Gasteiger partial charge in [-0.15, -0.1) is 0 Å². The van der Waals surface area contributed by atoms with Gasteiger partial charge in [0.2, 0.25) is 0 Å². The number of halogens is 1. The van der Waals surface area contributed by atoms with Crippen LogP contribution >= 0.6 is 0 Å². The number of rotatable bonds is 6. The monoisotopic (exact) mass is 209 g/mol. The summed E-state index contributed by atoms with van der Waals surface area (Å²) in [5.41, 5.74) is 0.822. The largest absolute Gasteiger partial charge is 0.316 e. The molecule has 1 unspecified atom stereocenters. The number of benzene rings is 1. The van der Waals surface area contributed by atoms with Crippen molar-refractivity contribution in [2.75, 3.05) is 13.1 Å². The van der Waals surface area contributed by atoms with Gasteiger partial charge in [-0.05, 0) is 43.5 Å². The second-order valence-corrected chi connectivity index (χ2v) is 4.10. The fraction of sp³-hybridized carbons (Fsp3) is 0.538. The third-order valence-corrected chi connectivity index (χ3v) is 2.45. The van der Waals surface area contributed by atoms with E-state index >= 15 is 0 Å². The van der Waals surface area contributed by atoms with Gasteiger partial charge >= 0.3 is 0 Å². The van der Waals surface area contributed by atoms with Crippen LogP contribution in [0.2, 0.25) is 0 Å². The standard InChI is InChI=1S/C13H20FN/c1-3-8-15-10-11(2)9-12-6-4-5-7-13(12)14/h4-7,11,15H,3,8-10H2,1-2H3. The van der Waals surface area contributed by atoms with Crippen molar-refractivity contribution in [3.63, 3.8) is 0 Å². The maximum absolute atomic E-state index is 13.3. The van der Waals surface area contributed by atoms with E-state index < -0.39 is 0 Å². The highest BCUT2D eigenvalue weighted by molar-refractivity contribution is 5.17. The van der Waals surface area contributed by atoms with Crippen LogP contribution in [0.5, 0.6) is 0 Å². The molecule has 0 aliphatic heterocycles. The predicted molar refractivity (Wildman–Crippen MR) is 62.4 cm³/mol. The van der Waals surface area contributed by atoms with Gasteiger partial charge in [0.15, 0.2) is 0 Å². The Kier molecular flexibility index (Phi) is 5.33. The maximum Gasteiger partial charge on any atom is 0.126 e. The zero-order valence-corrected chi connectivity index (χ0v) is 9.59. The molecular weight excluding hydrogens is 189 g/mol. The second kappa shape index (κ2) is 6.57. The van der Waals surface area contributed by atoms with Crippen LogP contribution < -0.4 is 5.32 Å². The van der Waals surface area contributed by atoms with E-state index in [-0.39, 0.29) is 5.82 Å². The van der Waals surface area contributed by atoms with E-state index in [9.17, 15) is 4.39 Å². The first kappa shape index (κ1) is 12.2. The third-order valence-electron chi connectivity index (χ3n) is 2.45. The van der Waals surface area contributed by atoms with E-state index in [2.05, 4.69) is 19.2 Å². The normalized spacial score (nSPS) is 12.7. The van der Waals surface area contributed by atoms with Crippen LogP contribution in [0.15, 0.2) is 24.3 Å². The second-order valence-electron chi connectivity index (χ2n) is 4.10. The molecule has 2 heteroatoms. The molecule has 84 valence electrons. The van der Waals surface area contributed by atoms with Crippen molar-refractivity contribution < 1.29 is 4.39 Å². The molecule has 1 rings (SSSR count). The number of hydrogen-bond donors (Lipinski definition) is 1. The molecule has 15 heavy (non-hydrogen) atoms. The van der Waals surface area contributed by atoms with Gasteiger partial charge in [-0.25, -0.2) is 4.39 Å². The summed E-state index contributed by atoms with van der Waals surface area (Å²) in [5.74, 6) is 0.397. The maximum atomic E-state index is 13.3. The molecule has 0 amide bonds. The van der Waals surface area contributed by atoms with Crippen molar-refractivity contribution in [1.82, 2.24) is 5.32 Å². The van der Waals surface area contributed by atoms with E-state index in [1.165, 1.54) is 6.07 Å². The lowest BCUT2D eigenvalue weighted by molar-refractivity contribution is 0.497. The van der Waals surface area contributed by atoms with Crippen LogP contribution in [0.3, 0.4) is 0 Å². The molecule has 0 bridgehead atoms. The topological polar surface area (TPSA) is 12.0 Å². The third kappa shape index (κ3) is 4.43. The average Bonchev–Trinajstić information content (AvgIpc) is 2.22. The van der Waals surface area contributed by atoms with Crippen LogP contribution in [0.1, 0.15) is 25.8 Å². The first-order chi connectivity index (χ1) is 7.24. The molecule has 0 spiro atoms. The molecule has 0 aliphatic rings. The van der Waals surface area contributed by atoms with Crippen LogP contribution in [-0.2, 0) is 6.42 Å². The summed E-state index contributed by atoms with van der Waals surface area (Å²) in [6.07, 6.45) is 1.95. The van der Waals surface area contributed by atoms with E-state index in [0.717, 1.165) is 31.5 Å². The van der Waals surface area contributed by atoms with Gasteiger partial charge in [-0.3, -0.25) is 0 Å². The molecule has 0 radical (unpaired) electrons. The highest BCUT2D eigenvalue weighted by Crippen LogP contribution is 2.11. The van der Waals surface area contributed by atoms with Crippen LogP contribution in [0.25, 0.3) is 0 Å². The highest BCUT2D eigenvalue weighted by Gasteiger charge is 2.06. The van der Waals surface area contributed by atoms with Gasteiger partial charge in [-0.2, -0.15) is 0 Å². The summed E-state index contributed by atoms with van der Waals surface area (Å²) in [7, 11) is 0. The van der Waals surface area contributed by atoms with Gasteiger partial charge in [0.25, 0.3) is 0 Å². The summed E-state index contributed by atoms with van der Waals surface area (Å²) in [4.78, 5) is 0. The molecule has 0 aromatic heterocycles. The molecule has 1 nitrogen and oxygen atoms in total. The summed E-state index contributed by atoms with van der Waals surface area (Å²) in [6.45, 7) is 6.30. The minimum Gasteiger partial charge on any atom is -0.316 e. The SMILES string of the molecule is CCCNCC(C)Cc1ccccc1F. The average molecular weight is 209 g/mol. The Morgan fingerprint density at radius 3 is 2.73 bits per heavy atom. The van der Waals surface area contributed by atoms with Crippen molar-refractivity contribution in [1.29, 1.82) is 0 Å². The highest BCUT2D eigenvalue weighted by atomic mass is 19.1. The molecule has 1 atom stereocenters. The summed E-state index contributed by atoms with van der Waals surface area (Å²) in [5, 5.41) is 3.35. The predicted octanol–water partition coefficient (Wildman–Crippen LogP) is 3.00. The van der Waals surface area contributed by atoms with Gasteiger partial charge in [0.1, 0.15) is 5.82 Å². The molecule has 1 aromatic rings. The fourth-order valence-electron chi connectivity index (χ4n) is 1.64. The Hall–Kier alpha value is -0.890. The lowest BCUT2D eigenvalue weighted by atomic mass is 10.0. The zero-order chi connectivity index (χ0) is 11.1. The van der Waals surface area contributed by atoms with Gasteiger partial charge in [0.05, 0.1) is 0 Å². The Morgan fingerprint density at radius 2 is 2.07 bits per heavy atom. The lowest BCUT2D eigenvalue weighted by Crippen LogP contribution is -2.23. The van der Waals surface area contributed by atoms with Crippen LogP contribution in [0.4, 0.5) is 4.39 Å². The fourth-order valence-corrected chi connectivity index (χ4v) is 1.64. The van der Waals surface area contributed by atoms with Crippen molar-refractivity contribution in [3.8, 4) is 0 Å². The van der Waals surface area contributed by atoms with Crippen molar-refractivity contribution in [2.24, 2.45) is 5.92 Å². The van der Waals surface area contributed by atoms with E-state index in [4.69, 9.17) is 0 Å². The molecule has 0 saturated heterocycles. The van der Waals surface area contributed by atoms with Crippen LogP contribution in [-0.4, -0.2) is 13.1 Å². The molecule has 1 aromatic carbocycles. The smallest absolute Gasteiger partial charge is 0.126 e.